The topological polar surface area (TPSA) is 54.9 Å². The summed E-state index contributed by atoms with van der Waals surface area (Å²) in [5.41, 5.74) is 1.19. The number of nitrogens with zero attached hydrogens (tertiary/aromatic N) is 2. The predicted octanol–water partition coefficient (Wildman–Crippen LogP) is 1.33. The molecule has 1 aromatic rings. The second-order valence-corrected chi connectivity index (χ2v) is 3.27. The highest BCUT2D eigenvalue weighted by Gasteiger charge is 2.17. The monoisotopic (exact) mass is 197 g/mol. The molecule has 0 saturated heterocycles. The van der Waals surface area contributed by atoms with E-state index in [0.29, 0.717) is 5.69 Å². The second-order valence-electron chi connectivity index (χ2n) is 3.27. The SMILES string of the molecule is O=C(Nc1ccccc1)c1nc2cnc1=2. The molecule has 0 saturated carbocycles. The molecule has 0 spiro atoms. The molecule has 0 aliphatic carbocycles. The maximum atomic E-state index is 11.6. The van der Waals surface area contributed by atoms with Gasteiger partial charge in [-0.25, -0.2) is 9.97 Å². The molecule has 0 fully saturated rings. The number of rotatable bonds is 2. The molecule has 4 nitrogen and oxygen atoms in total. The Bertz CT molecular complexity index is 622. The minimum Gasteiger partial charge on any atom is -0.321 e. The summed E-state index contributed by atoms with van der Waals surface area (Å²) in [6.07, 6.45) is 1.65. The molecule has 3 rings (SSSR count). The molecule has 2 aliphatic rings. The van der Waals surface area contributed by atoms with Crippen molar-refractivity contribution >= 4 is 11.6 Å². The van der Waals surface area contributed by atoms with Gasteiger partial charge in [-0.2, -0.15) is 0 Å². The standard InChI is InChI=1S/C11H7N3O/c15-11(10-9-8(14-10)6-12-9)13-7-4-2-1-3-5-7/h1-6H,(H,13,15). The lowest BCUT2D eigenvalue weighted by Crippen LogP contribution is -2.20. The van der Waals surface area contributed by atoms with Crippen LogP contribution in [0.5, 0.6) is 0 Å². The molecule has 2 aliphatic heterocycles. The fraction of sp³-hybridized carbons (Fsp3) is 0. The Morgan fingerprint density at radius 2 is 2.00 bits per heavy atom. The summed E-state index contributed by atoms with van der Waals surface area (Å²) in [4.78, 5) is 19.6. The lowest BCUT2D eigenvalue weighted by molar-refractivity contribution is 0.101. The van der Waals surface area contributed by atoms with Crippen LogP contribution < -0.4 is 5.32 Å². The van der Waals surface area contributed by atoms with E-state index >= 15 is 0 Å². The first-order chi connectivity index (χ1) is 7.34. The first-order valence-electron chi connectivity index (χ1n) is 4.58. The first kappa shape index (κ1) is 8.11. The average molecular weight is 197 g/mol. The molecule has 1 aromatic carbocycles. The van der Waals surface area contributed by atoms with Gasteiger partial charge in [0.2, 0.25) is 0 Å². The van der Waals surface area contributed by atoms with Crippen molar-refractivity contribution in [1.82, 2.24) is 9.97 Å². The molecule has 0 radical (unpaired) electrons. The van der Waals surface area contributed by atoms with Gasteiger partial charge in [-0.1, -0.05) is 18.2 Å². The zero-order valence-corrected chi connectivity index (χ0v) is 7.77. The van der Waals surface area contributed by atoms with Crippen LogP contribution in [0.4, 0.5) is 5.69 Å². The number of hydrogen-bond acceptors (Lipinski definition) is 3. The number of hydrogen-bond donors (Lipinski definition) is 1. The minimum atomic E-state index is -0.197. The van der Waals surface area contributed by atoms with Gasteiger partial charge in [0, 0.05) is 5.69 Å². The van der Waals surface area contributed by atoms with E-state index < -0.39 is 0 Å². The Hall–Kier alpha value is -2.23. The maximum absolute atomic E-state index is 11.6. The van der Waals surface area contributed by atoms with E-state index in [9.17, 15) is 4.79 Å². The summed E-state index contributed by atoms with van der Waals surface area (Å²) in [5.74, 6) is -0.197. The fourth-order valence-electron chi connectivity index (χ4n) is 1.44. The Morgan fingerprint density at radius 3 is 2.53 bits per heavy atom. The van der Waals surface area contributed by atoms with Crippen LogP contribution in [0.1, 0.15) is 10.5 Å². The van der Waals surface area contributed by atoms with Crippen LogP contribution in [0.15, 0.2) is 36.5 Å². The number of benzene rings is 1. The van der Waals surface area contributed by atoms with E-state index in [1.165, 1.54) is 0 Å². The van der Waals surface area contributed by atoms with Gasteiger partial charge in [0.25, 0.3) is 5.91 Å². The Labute approximate surface area is 85.3 Å². The summed E-state index contributed by atoms with van der Waals surface area (Å²) < 4.78 is 0. The van der Waals surface area contributed by atoms with Crippen molar-refractivity contribution in [3.05, 3.63) is 52.9 Å². The lowest BCUT2D eigenvalue weighted by Gasteiger charge is -2.08. The van der Waals surface area contributed by atoms with Crippen molar-refractivity contribution in [2.45, 2.75) is 0 Å². The molecule has 1 N–H and O–H groups in total. The second kappa shape index (κ2) is 2.88. The highest BCUT2D eigenvalue weighted by molar-refractivity contribution is 6.03. The third-order valence-electron chi connectivity index (χ3n) is 2.26. The van der Waals surface area contributed by atoms with Gasteiger partial charge in [-0.05, 0) is 12.1 Å². The smallest absolute Gasteiger partial charge is 0.276 e. The molecule has 2 heterocycles. The normalized spacial score (nSPS) is 10.9. The van der Waals surface area contributed by atoms with Crippen LogP contribution in [0.3, 0.4) is 0 Å². The predicted molar refractivity (Wildman–Crippen MR) is 54.1 cm³/mol. The fourth-order valence-corrected chi connectivity index (χ4v) is 1.44. The molecule has 0 aromatic heterocycles. The lowest BCUT2D eigenvalue weighted by atomic mass is 10.2. The van der Waals surface area contributed by atoms with Crippen molar-refractivity contribution in [1.29, 1.82) is 0 Å². The van der Waals surface area contributed by atoms with E-state index in [4.69, 9.17) is 0 Å². The van der Waals surface area contributed by atoms with E-state index in [0.717, 1.165) is 16.4 Å². The van der Waals surface area contributed by atoms with Crippen molar-refractivity contribution in [3.63, 3.8) is 0 Å². The molecule has 1 amide bonds. The van der Waals surface area contributed by atoms with Crippen molar-refractivity contribution in [2.24, 2.45) is 0 Å². The quantitative estimate of drug-likeness (QED) is 0.674. The van der Waals surface area contributed by atoms with Gasteiger partial charge < -0.3 is 5.32 Å². The van der Waals surface area contributed by atoms with Gasteiger partial charge in [-0.3, -0.25) is 4.79 Å². The van der Waals surface area contributed by atoms with Gasteiger partial charge >= 0.3 is 0 Å². The number of carbonyl (C=O) groups excluding carboxylic acids is 1. The number of carbonyl (C=O) groups is 1. The Kier molecular flexibility index (Phi) is 1.56. The van der Waals surface area contributed by atoms with Crippen LogP contribution in [-0.2, 0) is 0 Å². The van der Waals surface area contributed by atoms with Crippen LogP contribution in [0, 0.1) is 10.7 Å². The van der Waals surface area contributed by atoms with Crippen LogP contribution in [0.2, 0.25) is 0 Å². The summed E-state index contributed by atoms with van der Waals surface area (Å²) in [6, 6.07) is 9.29. The zero-order chi connectivity index (χ0) is 10.3. The molecular formula is C11H7N3O. The van der Waals surface area contributed by atoms with E-state index in [1.54, 1.807) is 6.20 Å². The number of amides is 1. The molecule has 15 heavy (non-hydrogen) atoms. The number of nitrogens with one attached hydrogen (secondary N) is 1. The summed E-state index contributed by atoms with van der Waals surface area (Å²) in [6.45, 7) is 0. The number of aromatic nitrogens is 2. The first-order valence-corrected chi connectivity index (χ1v) is 4.58. The molecule has 0 bridgehead atoms. The average Bonchev–Trinajstić information content (AvgIpc) is 2.23. The minimum absolute atomic E-state index is 0.197. The maximum Gasteiger partial charge on any atom is 0.276 e. The van der Waals surface area contributed by atoms with Gasteiger partial charge in [0.15, 0.2) is 5.69 Å². The third kappa shape index (κ3) is 1.19. The third-order valence-corrected chi connectivity index (χ3v) is 2.26. The van der Waals surface area contributed by atoms with E-state index in [-0.39, 0.29) is 5.91 Å². The Balaban J connectivity index is 1.82. The van der Waals surface area contributed by atoms with Crippen molar-refractivity contribution in [3.8, 4) is 0 Å². The van der Waals surface area contributed by atoms with Crippen LogP contribution in [-0.4, -0.2) is 15.9 Å². The number of anilines is 1. The summed E-state index contributed by atoms with van der Waals surface area (Å²) in [7, 11) is 0. The summed E-state index contributed by atoms with van der Waals surface area (Å²) in [5, 5.41) is 4.30. The Morgan fingerprint density at radius 1 is 1.20 bits per heavy atom. The molecule has 72 valence electrons. The molecule has 0 unspecified atom stereocenters. The molecule has 4 heteroatoms. The van der Waals surface area contributed by atoms with Crippen molar-refractivity contribution < 1.29 is 4.79 Å². The zero-order valence-electron chi connectivity index (χ0n) is 7.77. The van der Waals surface area contributed by atoms with Crippen molar-refractivity contribution in [2.75, 3.05) is 5.32 Å². The summed E-state index contributed by atoms with van der Waals surface area (Å²) >= 11 is 0. The van der Waals surface area contributed by atoms with Crippen LogP contribution in [0.25, 0.3) is 0 Å². The van der Waals surface area contributed by atoms with Gasteiger partial charge in [0.05, 0.1) is 6.20 Å². The molecule has 0 atom stereocenters. The molecular weight excluding hydrogens is 190 g/mol. The van der Waals surface area contributed by atoms with E-state index in [1.807, 2.05) is 30.3 Å². The van der Waals surface area contributed by atoms with Gasteiger partial charge in [0.1, 0.15) is 10.7 Å². The van der Waals surface area contributed by atoms with E-state index in [2.05, 4.69) is 15.3 Å². The highest BCUT2D eigenvalue weighted by atomic mass is 16.1. The van der Waals surface area contributed by atoms with Crippen LogP contribution >= 0.6 is 0 Å². The highest BCUT2D eigenvalue weighted by Crippen LogP contribution is 2.11. The largest absolute Gasteiger partial charge is 0.321 e. The number of para-hydroxylation sites is 1. The van der Waals surface area contributed by atoms with Gasteiger partial charge in [-0.15, -0.1) is 0 Å².